The minimum atomic E-state index is 0.00733. The lowest BCUT2D eigenvalue weighted by Gasteiger charge is -2.45. The Hall–Kier alpha value is -2.40. The number of aromatic nitrogens is 1. The van der Waals surface area contributed by atoms with Gasteiger partial charge in [-0.25, -0.2) is 0 Å². The number of hydrogen-bond donors (Lipinski definition) is 0. The molecule has 0 radical (unpaired) electrons. The smallest absolute Gasteiger partial charge is 0.223 e. The van der Waals surface area contributed by atoms with Crippen LogP contribution in [0.2, 0.25) is 0 Å². The zero-order valence-corrected chi connectivity index (χ0v) is 16.9. The predicted molar refractivity (Wildman–Crippen MR) is 109 cm³/mol. The number of likely N-dealkylation sites (tertiary alicyclic amines) is 2. The number of benzene rings is 1. The van der Waals surface area contributed by atoms with E-state index in [1.54, 1.807) is 7.11 Å². The molecule has 3 heterocycles. The highest BCUT2D eigenvalue weighted by molar-refractivity contribution is 5.79. The topological polar surface area (TPSA) is 45.7 Å². The second kappa shape index (κ2) is 7.92. The Labute approximate surface area is 167 Å². The Kier molecular flexibility index (Phi) is 5.36. The first-order chi connectivity index (χ1) is 13.6. The minimum absolute atomic E-state index is 0.00733. The van der Waals surface area contributed by atoms with Gasteiger partial charge < -0.3 is 9.64 Å². The molecule has 4 rings (SSSR count). The molecule has 1 amide bonds. The molecule has 0 atom stereocenters. The average Bonchev–Trinajstić information content (AvgIpc) is 3.00. The lowest BCUT2D eigenvalue weighted by Crippen LogP contribution is -2.52. The number of pyridine rings is 1. The molecule has 2 aromatic rings. The molecular formula is C23H29N3O2. The number of rotatable bonds is 5. The first-order valence-electron chi connectivity index (χ1n) is 10.2. The van der Waals surface area contributed by atoms with Crippen molar-refractivity contribution in [3.63, 3.8) is 0 Å². The van der Waals surface area contributed by atoms with Gasteiger partial charge in [-0.2, -0.15) is 0 Å². The Morgan fingerprint density at radius 2 is 1.86 bits per heavy atom. The fourth-order valence-electron chi connectivity index (χ4n) is 4.66. The van der Waals surface area contributed by atoms with Crippen LogP contribution in [-0.4, -0.2) is 46.4 Å². The van der Waals surface area contributed by atoms with Crippen LogP contribution in [0.3, 0.4) is 0 Å². The van der Waals surface area contributed by atoms with Gasteiger partial charge in [-0.15, -0.1) is 0 Å². The van der Waals surface area contributed by atoms with Gasteiger partial charge in [-0.3, -0.25) is 14.7 Å². The van der Waals surface area contributed by atoms with Gasteiger partial charge in [0.25, 0.3) is 0 Å². The Balaban J connectivity index is 1.42. The fraction of sp³-hybridized carbons (Fsp3) is 0.478. The van der Waals surface area contributed by atoms with E-state index >= 15 is 0 Å². The van der Waals surface area contributed by atoms with E-state index in [1.165, 1.54) is 5.56 Å². The third kappa shape index (κ3) is 3.90. The fourth-order valence-corrected chi connectivity index (χ4v) is 4.66. The third-order valence-electron chi connectivity index (χ3n) is 6.27. The summed E-state index contributed by atoms with van der Waals surface area (Å²) >= 11 is 0. The van der Waals surface area contributed by atoms with E-state index < -0.39 is 0 Å². The van der Waals surface area contributed by atoms with Crippen molar-refractivity contribution in [2.45, 2.75) is 51.2 Å². The van der Waals surface area contributed by atoms with Crippen LogP contribution in [-0.2, 0) is 17.9 Å². The first-order valence-corrected chi connectivity index (χ1v) is 10.2. The molecule has 148 valence electrons. The number of hydrogen-bond acceptors (Lipinski definition) is 4. The molecule has 5 nitrogen and oxygen atoms in total. The molecule has 28 heavy (non-hydrogen) atoms. The SMILES string of the molecule is COc1cccc(CN2CCC3(CCC(=O)N3Cc3cccc(C)n3)CC2)c1. The molecule has 1 spiro atoms. The van der Waals surface area contributed by atoms with Gasteiger partial charge in [0.05, 0.1) is 19.3 Å². The second-order valence-corrected chi connectivity index (χ2v) is 8.10. The second-order valence-electron chi connectivity index (χ2n) is 8.10. The highest BCUT2D eigenvalue weighted by Crippen LogP contribution is 2.40. The van der Waals surface area contributed by atoms with Crippen LogP contribution >= 0.6 is 0 Å². The Bertz CT molecular complexity index is 843. The number of aryl methyl sites for hydroxylation is 1. The summed E-state index contributed by atoms with van der Waals surface area (Å²) in [5.41, 5.74) is 3.28. The van der Waals surface area contributed by atoms with Crippen LogP contribution in [0, 0.1) is 6.92 Å². The van der Waals surface area contributed by atoms with Crippen LogP contribution in [0.25, 0.3) is 0 Å². The van der Waals surface area contributed by atoms with Crippen LogP contribution in [0.15, 0.2) is 42.5 Å². The normalized spacial score (nSPS) is 19.4. The van der Waals surface area contributed by atoms with Gasteiger partial charge >= 0.3 is 0 Å². The number of methoxy groups -OCH3 is 1. The molecular weight excluding hydrogens is 350 g/mol. The molecule has 5 heteroatoms. The number of carbonyl (C=O) groups excluding carboxylic acids is 1. The number of amides is 1. The van der Waals surface area contributed by atoms with E-state index in [0.29, 0.717) is 13.0 Å². The van der Waals surface area contributed by atoms with E-state index in [9.17, 15) is 4.79 Å². The molecule has 2 aliphatic rings. The molecule has 1 aromatic carbocycles. The van der Waals surface area contributed by atoms with Crippen molar-refractivity contribution in [3.8, 4) is 5.75 Å². The molecule has 0 aliphatic carbocycles. The summed E-state index contributed by atoms with van der Waals surface area (Å²) in [6.45, 7) is 5.60. The summed E-state index contributed by atoms with van der Waals surface area (Å²) in [5.74, 6) is 1.19. The minimum Gasteiger partial charge on any atom is -0.497 e. The van der Waals surface area contributed by atoms with Gasteiger partial charge in [0.15, 0.2) is 0 Å². The van der Waals surface area contributed by atoms with Crippen molar-refractivity contribution in [2.75, 3.05) is 20.2 Å². The average molecular weight is 380 g/mol. The molecule has 2 aliphatic heterocycles. The van der Waals surface area contributed by atoms with Crippen molar-refractivity contribution in [2.24, 2.45) is 0 Å². The molecule has 0 bridgehead atoms. The number of nitrogens with zero attached hydrogens (tertiary/aromatic N) is 3. The largest absolute Gasteiger partial charge is 0.497 e. The van der Waals surface area contributed by atoms with Crippen LogP contribution in [0.4, 0.5) is 0 Å². The molecule has 0 unspecified atom stereocenters. The van der Waals surface area contributed by atoms with E-state index in [1.807, 2.05) is 37.3 Å². The maximum absolute atomic E-state index is 12.7. The number of piperidine rings is 1. The Morgan fingerprint density at radius 3 is 2.61 bits per heavy atom. The summed E-state index contributed by atoms with van der Waals surface area (Å²) < 4.78 is 5.34. The summed E-state index contributed by atoms with van der Waals surface area (Å²) in [5, 5.41) is 0. The van der Waals surface area contributed by atoms with Gasteiger partial charge in [0.1, 0.15) is 5.75 Å². The van der Waals surface area contributed by atoms with Crippen LogP contribution in [0.5, 0.6) is 5.75 Å². The molecule has 2 saturated heterocycles. The highest BCUT2D eigenvalue weighted by atomic mass is 16.5. The Morgan fingerprint density at radius 1 is 1.07 bits per heavy atom. The summed E-state index contributed by atoms with van der Waals surface area (Å²) in [6.07, 6.45) is 3.72. The van der Waals surface area contributed by atoms with Crippen LogP contribution in [0.1, 0.15) is 42.6 Å². The van der Waals surface area contributed by atoms with E-state index in [-0.39, 0.29) is 11.4 Å². The lowest BCUT2D eigenvalue weighted by molar-refractivity contribution is -0.133. The van der Waals surface area contributed by atoms with Gasteiger partial charge in [-0.05, 0) is 56.0 Å². The van der Waals surface area contributed by atoms with Crippen molar-refractivity contribution >= 4 is 5.91 Å². The van der Waals surface area contributed by atoms with E-state index in [2.05, 4.69) is 26.9 Å². The quantitative estimate of drug-likeness (QED) is 0.797. The summed E-state index contributed by atoms with van der Waals surface area (Å²) in [4.78, 5) is 21.9. The van der Waals surface area contributed by atoms with Gasteiger partial charge in [0, 0.05) is 37.3 Å². The van der Waals surface area contributed by atoms with Gasteiger partial charge in [0.2, 0.25) is 5.91 Å². The molecule has 2 fully saturated rings. The first kappa shape index (κ1) is 18.9. The van der Waals surface area contributed by atoms with Crippen LogP contribution < -0.4 is 4.74 Å². The predicted octanol–water partition coefficient (Wildman–Crippen LogP) is 3.56. The lowest BCUT2D eigenvalue weighted by atomic mass is 9.84. The maximum Gasteiger partial charge on any atom is 0.223 e. The zero-order chi connectivity index (χ0) is 19.6. The standard InChI is InChI=1S/C23H29N3O2/c1-18-5-3-7-20(24-18)17-26-22(27)9-10-23(26)11-13-25(14-12-23)16-19-6-4-8-21(15-19)28-2/h3-8,15H,9-14,16-17H2,1-2H3. The number of ether oxygens (including phenoxy) is 1. The summed E-state index contributed by atoms with van der Waals surface area (Å²) in [6, 6.07) is 14.4. The number of carbonyl (C=O) groups is 1. The monoisotopic (exact) mass is 379 g/mol. The van der Waals surface area contributed by atoms with E-state index in [0.717, 1.165) is 56.0 Å². The van der Waals surface area contributed by atoms with Crippen molar-refractivity contribution in [3.05, 3.63) is 59.4 Å². The third-order valence-corrected chi connectivity index (χ3v) is 6.27. The van der Waals surface area contributed by atoms with Crippen molar-refractivity contribution < 1.29 is 9.53 Å². The van der Waals surface area contributed by atoms with Crippen molar-refractivity contribution in [1.29, 1.82) is 0 Å². The zero-order valence-electron chi connectivity index (χ0n) is 16.9. The molecule has 0 saturated carbocycles. The molecule has 1 aromatic heterocycles. The van der Waals surface area contributed by atoms with Gasteiger partial charge in [-0.1, -0.05) is 18.2 Å². The maximum atomic E-state index is 12.7. The molecule has 0 N–H and O–H groups in total. The highest BCUT2D eigenvalue weighted by Gasteiger charge is 2.46. The summed E-state index contributed by atoms with van der Waals surface area (Å²) in [7, 11) is 1.71. The van der Waals surface area contributed by atoms with E-state index in [4.69, 9.17) is 4.74 Å². The van der Waals surface area contributed by atoms with Crippen molar-refractivity contribution in [1.82, 2.24) is 14.8 Å².